The van der Waals surface area contributed by atoms with Crippen molar-refractivity contribution < 1.29 is 0 Å². The van der Waals surface area contributed by atoms with Crippen LogP contribution in [0.2, 0.25) is 0 Å². The summed E-state index contributed by atoms with van der Waals surface area (Å²) in [5.74, 6) is 4.53. The molecule has 0 amide bonds. The van der Waals surface area contributed by atoms with Crippen molar-refractivity contribution in [3.8, 4) is 0 Å². The number of rotatable bonds is 20. The quantitative estimate of drug-likeness (QED) is 0.103. The van der Waals surface area contributed by atoms with Crippen molar-refractivity contribution in [2.75, 3.05) is 0 Å². The predicted molar refractivity (Wildman–Crippen MR) is 263 cm³/mol. The molecular formula is C54H83BN2S. The summed E-state index contributed by atoms with van der Waals surface area (Å²) in [6.45, 7) is 39.8. The number of thiophene rings is 1. The number of hydrogen-bond donors (Lipinski definition) is 2. The van der Waals surface area contributed by atoms with Crippen molar-refractivity contribution in [1.82, 2.24) is 10.6 Å². The standard InChI is InChI=1S/C54H83BN2S/c1-16-21-24-40(7)41(20-5)25-22-31-55(50-36-42-35-45-46(37-49(42)58-50)54(14,15)30-29-53(45,12)13)47(48(57-32-18-3)34-39(6)19-4)38-56-33-26-44-43(23-17-2)51(8,9)27-28-52(44,10)11/h17-18,20,22-23,26,31-33,35-38,40-41,43-44,48,56-57H,5-6,16,19,21,24-25,27-30,34H2,1-4,7-15H3/b23-17+,31-22+,32-18+,33-26+,47-38-. The molecule has 0 radical (unpaired) electrons. The molecule has 2 aromatic rings. The number of unbranched alkanes of at least 4 members (excludes halogenated alkanes) is 1. The van der Waals surface area contributed by atoms with E-state index in [2.05, 4.69) is 193 Å². The van der Waals surface area contributed by atoms with E-state index in [4.69, 9.17) is 0 Å². The van der Waals surface area contributed by atoms with E-state index in [0.29, 0.717) is 23.7 Å². The van der Waals surface area contributed by atoms with Crippen LogP contribution in [-0.4, -0.2) is 12.8 Å². The van der Waals surface area contributed by atoms with Gasteiger partial charge in [-0.3, -0.25) is 0 Å². The normalized spacial score (nSPS) is 23.0. The van der Waals surface area contributed by atoms with Crippen LogP contribution in [0.3, 0.4) is 0 Å². The molecule has 0 aliphatic heterocycles. The van der Waals surface area contributed by atoms with E-state index in [9.17, 15) is 0 Å². The first-order valence-corrected chi connectivity index (χ1v) is 23.8. The van der Waals surface area contributed by atoms with Gasteiger partial charge in [0.05, 0.1) is 0 Å². The van der Waals surface area contributed by atoms with E-state index in [-0.39, 0.29) is 34.4 Å². The Labute approximate surface area is 362 Å². The summed E-state index contributed by atoms with van der Waals surface area (Å²) in [4.78, 5) is 0. The molecule has 2 aliphatic carbocycles. The van der Waals surface area contributed by atoms with E-state index in [0.717, 1.165) is 19.3 Å². The fraction of sp³-hybridized carbons (Fsp3) is 0.593. The minimum atomic E-state index is 0.0787. The maximum absolute atomic E-state index is 4.54. The molecule has 1 heterocycles. The Hall–Kier alpha value is -2.98. The third-order valence-electron chi connectivity index (χ3n) is 14.5. The van der Waals surface area contributed by atoms with Gasteiger partial charge < -0.3 is 10.6 Å². The molecule has 2 N–H and O–H groups in total. The van der Waals surface area contributed by atoms with Crippen LogP contribution in [0.15, 0.2) is 103 Å². The monoisotopic (exact) mass is 803 g/mol. The second-order valence-corrected chi connectivity index (χ2v) is 21.9. The molecular weight excluding hydrogens is 719 g/mol. The largest absolute Gasteiger partial charge is 0.385 e. The highest BCUT2D eigenvalue weighted by atomic mass is 32.1. The Bertz CT molecular complexity index is 1770. The van der Waals surface area contributed by atoms with E-state index in [1.165, 1.54) is 82.0 Å². The first-order valence-electron chi connectivity index (χ1n) is 23.0. The average molecular weight is 803 g/mol. The number of nitrogens with one attached hydrogen (secondary N) is 2. The summed E-state index contributed by atoms with van der Waals surface area (Å²) in [6, 6.07) is 7.69. The van der Waals surface area contributed by atoms with Crippen molar-refractivity contribution in [2.45, 2.75) is 171 Å². The van der Waals surface area contributed by atoms with Crippen LogP contribution in [0, 0.1) is 34.5 Å². The topological polar surface area (TPSA) is 24.1 Å². The highest BCUT2D eigenvalue weighted by Gasteiger charge is 2.45. The van der Waals surface area contributed by atoms with E-state index < -0.39 is 0 Å². The smallest absolute Gasteiger partial charge is 0.246 e. The van der Waals surface area contributed by atoms with Crippen LogP contribution in [0.1, 0.15) is 165 Å². The van der Waals surface area contributed by atoms with Crippen molar-refractivity contribution in [3.05, 3.63) is 115 Å². The molecule has 5 atom stereocenters. The molecule has 318 valence electrons. The Morgan fingerprint density at radius 2 is 1.52 bits per heavy atom. The zero-order valence-electron chi connectivity index (χ0n) is 39.4. The summed E-state index contributed by atoms with van der Waals surface area (Å²) in [5.41, 5.74) is 6.50. The lowest BCUT2D eigenvalue weighted by Crippen LogP contribution is -2.42. The van der Waals surface area contributed by atoms with Crippen LogP contribution >= 0.6 is 11.3 Å². The van der Waals surface area contributed by atoms with Gasteiger partial charge in [-0.1, -0.05) is 150 Å². The molecule has 0 saturated heterocycles. The highest BCUT2D eigenvalue weighted by molar-refractivity contribution is 7.30. The summed E-state index contributed by atoms with van der Waals surface area (Å²) in [6.07, 6.45) is 32.2. The van der Waals surface area contributed by atoms with Gasteiger partial charge in [0.25, 0.3) is 0 Å². The summed E-state index contributed by atoms with van der Waals surface area (Å²) >= 11 is 1.99. The van der Waals surface area contributed by atoms with E-state index in [1.807, 2.05) is 11.3 Å². The van der Waals surface area contributed by atoms with Gasteiger partial charge in [0.15, 0.2) is 0 Å². The molecule has 5 unspecified atom stereocenters. The molecule has 1 aromatic heterocycles. The number of allylic oxidation sites excluding steroid dienone is 6. The van der Waals surface area contributed by atoms with Crippen LogP contribution in [0.4, 0.5) is 0 Å². The summed E-state index contributed by atoms with van der Waals surface area (Å²) in [5, 5.41) is 9.03. The molecule has 58 heavy (non-hydrogen) atoms. The van der Waals surface area contributed by atoms with Gasteiger partial charge in [-0.05, 0) is 162 Å². The van der Waals surface area contributed by atoms with Crippen molar-refractivity contribution in [3.63, 3.8) is 0 Å². The van der Waals surface area contributed by atoms with E-state index >= 15 is 0 Å². The molecule has 1 saturated carbocycles. The fourth-order valence-electron chi connectivity index (χ4n) is 9.86. The Balaban J connectivity index is 1.90. The summed E-state index contributed by atoms with van der Waals surface area (Å²) in [7, 11) is 0. The van der Waals surface area contributed by atoms with Crippen LogP contribution in [-0.2, 0) is 10.8 Å². The first-order chi connectivity index (χ1) is 27.3. The third-order valence-corrected chi connectivity index (χ3v) is 15.7. The van der Waals surface area contributed by atoms with Gasteiger partial charge in [-0.25, -0.2) is 0 Å². The number of hydrogen-bond acceptors (Lipinski definition) is 3. The van der Waals surface area contributed by atoms with Crippen LogP contribution in [0.5, 0.6) is 0 Å². The van der Waals surface area contributed by atoms with Gasteiger partial charge in [0.1, 0.15) is 0 Å². The van der Waals surface area contributed by atoms with Crippen LogP contribution < -0.4 is 15.4 Å². The zero-order chi connectivity index (χ0) is 42.9. The molecule has 1 fully saturated rings. The Morgan fingerprint density at radius 1 is 0.879 bits per heavy atom. The van der Waals surface area contributed by atoms with Gasteiger partial charge in [0.2, 0.25) is 6.71 Å². The second-order valence-electron chi connectivity index (χ2n) is 20.8. The Kier molecular flexibility index (Phi) is 16.9. The van der Waals surface area contributed by atoms with Crippen molar-refractivity contribution in [1.29, 1.82) is 0 Å². The van der Waals surface area contributed by atoms with Crippen molar-refractivity contribution in [2.24, 2.45) is 34.5 Å². The minimum Gasteiger partial charge on any atom is -0.385 e. The molecule has 0 spiro atoms. The minimum absolute atomic E-state index is 0.0787. The van der Waals surface area contributed by atoms with Gasteiger partial charge in [-0.2, -0.15) is 0 Å². The predicted octanol–water partition coefficient (Wildman–Crippen LogP) is 15.1. The SMILES string of the molecule is C=CC(C/C=C/B(/C(=C\N/C=C/C1C(/C=C/C)C(C)(C)CCC1(C)C)C(CC(=C)CC)N/C=C/C)c1cc2cc3c(cc2s1)C(C)(C)CCC3(C)C)C(C)CCCC. The van der Waals surface area contributed by atoms with Crippen molar-refractivity contribution >= 4 is 32.9 Å². The number of benzene rings is 1. The fourth-order valence-corrected chi connectivity index (χ4v) is 11.1. The Morgan fingerprint density at radius 3 is 2.10 bits per heavy atom. The van der Waals surface area contributed by atoms with E-state index in [1.54, 1.807) is 0 Å². The van der Waals surface area contributed by atoms with Gasteiger partial charge >= 0.3 is 0 Å². The molecule has 4 rings (SSSR count). The molecule has 1 aromatic carbocycles. The van der Waals surface area contributed by atoms with Crippen LogP contribution in [0.25, 0.3) is 10.1 Å². The second kappa shape index (κ2) is 20.5. The van der Waals surface area contributed by atoms with Gasteiger partial charge in [-0.15, -0.1) is 23.9 Å². The lowest BCUT2D eigenvalue weighted by Gasteiger charge is -2.50. The molecule has 0 bridgehead atoms. The summed E-state index contributed by atoms with van der Waals surface area (Å²) < 4.78 is 2.79. The maximum Gasteiger partial charge on any atom is 0.246 e. The lowest BCUT2D eigenvalue weighted by atomic mass is 9.41. The zero-order valence-corrected chi connectivity index (χ0v) is 40.2. The molecule has 2 aliphatic rings. The van der Waals surface area contributed by atoms with Gasteiger partial charge in [0, 0.05) is 10.7 Å². The first kappa shape index (κ1) is 47.7. The molecule has 2 nitrogen and oxygen atoms in total. The highest BCUT2D eigenvalue weighted by Crippen LogP contribution is 2.53. The lowest BCUT2D eigenvalue weighted by molar-refractivity contribution is 0.0342. The number of fused-ring (bicyclic) bond motifs is 2. The third kappa shape index (κ3) is 11.6. The maximum atomic E-state index is 4.54. The average Bonchev–Trinajstić information content (AvgIpc) is 3.60. The molecule has 4 heteroatoms.